The van der Waals surface area contributed by atoms with Crippen molar-refractivity contribution >= 4 is 34.7 Å². The molecule has 2 aromatic heterocycles. The first-order chi connectivity index (χ1) is 12.5. The molecule has 5 N–H and O–H groups in total. The van der Waals surface area contributed by atoms with Crippen LogP contribution in [0.1, 0.15) is 18.9 Å². The van der Waals surface area contributed by atoms with Crippen molar-refractivity contribution in [3.63, 3.8) is 0 Å². The number of thioether (sulfide) groups is 1. The molecule has 3 rings (SSSR count). The van der Waals surface area contributed by atoms with E-state index in [-0.39, 0.29) is 29.9 Å². The molecule has 0 aliphatic heterocycles. The predicted octanol–water partition coefficient (Wildman–Crippen LogP) is 2.69. The molecule has 1 unspecified atom stereocenters. The fraction of sp³-hybridized carbons (Fsp3) is 0.312. The standard InChI is InChI=1S/C16H18F2N6OS/c1-2-9(6-25)20-13-12-14(22-15(19)21-12)24-16(23-13)26-7-8-4-3-5-10(17)11(8)18/h3-5,9,25H,2,6-7H2,1H3,(H4,19,20,21,22,23,24). The number of nitrogens with one attached hydrogen (secondary N) is 2. The number of hydrogen-bond acceptors (Lipinski definition) is 7. The van der Waals surface area contributed by atoms with Crippen molar-refractivity contribution in [3.8, 4) is 0 Å². The van der Waals surface area contributed by atoms with Gasteiger partial charge in [0.15, 0.2) is 39.7 Å². The molecule has 0 fully saturated rings. The summed E-state index contributed by atoms with van der Waals surface area (Å²) in [6.07, 6.45) is 0.679. The Morgan fingerprint density at radius 2 is 2.12 bits per heavy atom. The molecule has 0 saturated carbocycles. The van der Waals surface area contributed by atoms with Crippen molar-refractivity contribution in [2.75, 3.05) is 17.7 Å². The predicted molar refractivity (Wildman–Crippen MR) is 96.8 cm³/mol. The van der Waals surface area contributed by atoms with Crippen LogP contribution in [0.5, 0.6) is 0 Å². The van der Waals surface area contributed by atoms with Crippen LogP contribution < -0.4 is 11.1 Å². The van der Waals surface area contributed by atoms with Crippen molar-refractivity contribution in [1.82, 2.24) is 19.9 Å². The zero-order valence-corrected chi connectivity index (χ0v) is 14.8. The molecule has 2 heterocycles. The molecule has 26 heavy (non-hydrogen) atoms. The number of hydrogen-bond donors (Lipinski definition) is 4. The quantitative estimate of drug-likeness (QED) is 0.368. The maximum atomic E-state index is 13.8. The molecular formula is C16H18F2N6OS. The van der Waals surface area contributed by atoms with E-state index in [1.807, 2.05) is 6.92 Å². The van der Waals surface area contributed by atoms with Crippen LogP contribution in [0.15, 0.2) is 23.4 Å². The number of halogens is 2. The van der Waals surface area contributed by atoms with Gasteiger partial charge in [-0.1, -0.05) is 30.8 Å². The van der Waals surface area contributed by atoms with E-state index in [0.29, 0.717) is 28.6 Å². The van der Waals surface area contributed by atoms with Gasteiger partial charge in [-0.3, -0.25) is 0 Å². The number of aliphatic hydroxyl groups is 1. The molecule has 1 atom stereocenters. The number of anilines is 2. The third kappa shape index (κ3) is 3.86. The Bertz CT molecular complexity index is 915. The molecule has 0 saturated heterocycles. The maximum absolute atomic E-state index is 13.8. The average molecular weight is 380 g/mol. The van der Waals surface area contributed by atoms with E-state index >= 15 is 0 Å². The van der Waals surface area contributed by atoms with Crippen LogP contribution in [0.4, 0.5) is 20.5 Å². The molecule has 7 nitrogen and oxygen atoms in total. The molecule has 0 radical (unpaired) electrons. The van der Waals surface area contributed by atoms with Crippen LogP contribution in [0.2, 0.25) is 0 Å². The normalized spacial score (nSPS) is 12.5. The maximum Gasteiger partial charge on any atom is 0.199 e. The molecule has 0 amide bonds. The van der Waals surface area contributed by atoms with Gasteiger partial charge < -0.3 is 21.1 Å². The minimum absolute atomic E-state index is 0.0706. The number of nitrogen functional groups attached to an aromatic ring is 1. The summed E-state index contributed by atoms with van der Waals surface area (Å²) >= 11 is 1.16. The molecule has 1 aromatic carbocycles. The zero-order valence-electron chi connectivity index (χ0n) is 14.0. The third-order valence-electron chi connectivity index (χ3n) is 3.78. The lowest BCUT2D eigenvalue weighted by Gasteiger charge is -2.15. The van der Waals surface area contributed by atoms with Crippen LogP contribution in [-0.2, 0) is 5.75 Å². The van der Waals surface area contributed by atoms with E-state index in [1.165, 1.54) is 12.1 Å². The SMILES string of the molecule is CCC(CO)Nc1nc(SCc2cccc(F)c2F)nc2[nH]c(N)nc12. The van der Waals surface area contributed by atoms with Gasteiger partial charge in [-0.25, -0.2) is 23.7 Å². The number of fused-ring (bicyclic) bond motifs is 1. The van der Waals surface area contributed by atoms with Crippen LogP contribution >= 0.6 is 11.8 Å². The van der Waals surface area contributed by atoms with E-state index in [2.05, 4.69) is 25.3 Å². The first-order valence-corrected chi connectivity index (χ1v) is 8.96. The summed E-state index contributed by atoms with van der Waals surface area (Å²) in [6, 6.07) is 3.83. The van der Waals surface area contributed by atoms with Crippen molar-refractivity contribution < 1.29 is 13.9 Å². The number of aliphatic hydroxyl groups excluding tert-OH is 1. The Hall–Kier alpha value is -2.46. The van der Waals surface area contributed by atoms with Crippen molar-refractivity contribution in [3.05, 3.63) is 35.4 Å². The lowest BCUT2D eigenvalue weighted by molar-refractivity contribution is 0.271. The second kappa shape index (κ2) is 7.83. The largest absolute Gasteiger partial charge is 0.394 e. The lowest BCUT2D eigenvalue weighted by Crippen LogP contribution is -2.23. The Labute approximate surface area is 152 Å². The van der Waals surface area contributed by atoms with Crippen LogP contribution in [0, 0.1) is 11.6 Å². The Morgan fingerprint density at radius 3 is 2.85 bits per heavy atom. The summed E-state index contributed by atoms with van der Waals surface area (Å²) in [4.78, 5) is 15.7. The average Bonchev–Trinajstić information content (AvgIpc) is 3.01. The van der Waals surface area contributed by atoms with Gasteiger partial charge in [0.05, 0.1) is 12.6 Å². The van der Waals surface area contributed by atoms with Gasteiger partial charge in [-0.15, -0.1) is 0 Å². The van der Waals surface area contributed by atoms with Gasteiger partial charge in [-0.05, 0) is 12.5 Å². The number of aromatic nitrogens is 4. The number of H-pyrrole nitrogens is 1. The highest BCUT2D eigenvalue weighted by atomic mass is 32.2. The van der Waals surface area contributed by atoms with Crippen LogP contribution in [-0.4, -0.2) is 37.7 Å². The molecule has 0 aliphatic rings. The third-order valence-corrected chi connectivity index (χ3v) is 4.68. The molecule has 138 valence electrons. The number of nitrogens with two attached hydrogens (primary N) is 1. The minimum atomic E-state index is -0.892. The summed E-state index contributed by atoms with van der Waals surface area (Å²) in [5, 5.41) is 12.9. The van der Waals surface area contributed by atoms with E-state index in [4.69, 9.17) is 5.73 Å². The summed E-state index contributed by atoms with van der Waals surface area (Å²) in [7, 11) is 0. The minimum Gasteiger partial charge on any atom is -0.394 e. The summed E-state index contributed by atoms with van der Waals surface area (Å²) in [5.74, 6) is -0.998. The molecule has 3 aromatic rings. The van der Waals surface area contributed by atoms with Crippen molar-refractivity contribution in [1.29, 1.82) is 0 Å². The van der Waals surface area contributed by atoms with Crippen molar-refractivity contribution in [2.45, 2.75) is 30.3 Å². The summed E-state index contributed by atoms with van der Waals surface area (Å²) in [5.41, 5.74) is 6.80. The zero-order chi connectivity index (χ0) is 18.7. The Kier molecular flexibility index (Phi) is 5.52. The number of aromatic amines is 1. The summed E-state index contributed by atoms with van der Waals surface area (Å²) < 4.78 is 27.1. The molecule has 0 spiro atoms. The van der Waals surface area contributed by atoms with Gasteiger partial charge in [-0.2, -0.15) is 0 Å². The van der Waals surface area contributed by atoms with Gasteiger partial charge in [0.1, 0.15) is 0 Å². The fourth-order valence-electron chi connectivity index (χ4n) is 2.33. The highest BCUT2D eigenvalue weighted by Crippen LogP contribution is 2.27. The second-order valence-electron chi connectivity index (χ2n) is 5.61. The van der Waals surface area contributed by atoms with Gasteiger partial charge in [0.25, 0.3) is 0 Å². The number of rotatable bonds is 7. The van der Waals surface area contributed by atoms with E-state index in [1.54, 1.807) is 0 Å². The van der Waals surface area contributed by atoms with Gasteiger partial charge in [0.2, 0.25) is 0 Å². The fourth-order valence-corrected chi connectivity index (χ4v) is 3.15. The molecular weight excluding hydrogens is 362 g/mol. The van der Waals surface area contributed by atoms with Gasteiger partial charge >= 0.3 is 0 Å². The number of nitrogens with zero attached hydrogens (tertiary/aromatic N) is 3. The molecule has 0 aliphatic carbocycles. The van der Waals surface area contributed by atoms with Crippen LogP contribution in [0.25, 0.3) is 11.2 Å². The molecule has 0 bridgehead atoms. The smallest absolute Gasteiger partial charge is 0.199 e. The highest BCUT2D eigenvalue weighted by molar-refractivity contribution is 7.98. The monoisotopic (exact) mass is 380 g/mol. The topological polar surface area (TPSA) is 113 Å². The van der Waals surface area contributed by atoms with E-state index < -0.39 is 11.6 Å². The Balaban J connectivity index is 1.89. The summed E-state index contributed by atoms with van der Waals surface area (Å²) in [6.45, 7) is 1.85. The van der Waals surface area contributed by atoms with E-state index in [9.17, 15) is 13.9 Å². The Morgan fingerprint density at radius 1 is 1.31 bits per heavy atom. The van der Waals surface area contributed by atoms with Crippen LogP contribution in [0.3, 0.4) is 0 Å². The van der Waals surface area contributed by atoms with E-state index in [0.717, 1.165) is 17.8 Å². The van der Waals surface area contributed by atoms with Crippen molar-refractivity contribution in [2.24, 2.45) is 0 Å². The number of imidazole rings is 1. The molecule has 10 heteroatoms. The lowest BCUT2D eigenvalue weighted by atomic mass is 10.2. The number of benzene rings is 1. The first kappa shape index (κ1) is 18.3. The second-order valence-corrected chi connectivity index (χ2v) is 6.55. The highest BCUT2D eigenvalue weighted by Gasteiger charge is 2.16. The van der Waals surface area contributed by atoms with Gasteiger partial charge in [0, 0.05) is 11.3 Å². The first-order valence-electron chi connectivity index (χ1n) is 7.98.